The van der Waals surface area contributed by atoms with Crippen LogP contribution in [0.15, 0.2) is 41.7 Å². The Morgan fingerprint density at radius 1 is 1.38 bits per heavy atom. The van der Waals surface area contributed by atoms with Crippen molar-refractivity contribution in [3.05, 3.63) is 47.2 Å². The molecular weight excluding hydrogens is 204 g/mol. The van der Waals surface area contributed by atoms with Gasteiger partial charge < -0.3 is 10.0 Å². The van der Waals surface area contributed by atoms with Crippen LogP contribution in [-0.4, -0.2) is 22.5 Å². The molecule has 0 spiro atoms. The first kappa shape index (κ1) is 10.2. The molecule has 1 amide bonds. The summed E-state index contributed by atoms with van der Waals surface area (Å²) in [5.41, 5.74) is 1.11. The van der Waals surface area contributed by atoms with Crippen molar-refractivity contribution in [2.24, 2.45) is 0 Å². The first-order valence-corrected chi connectivity index (χ1v) is 4.88. The van der Waals surface area contributed by atoms with Crippen molar-refractivity contribution in [3.63, 3.8) is 0 Å². The number of aliphatic hydroxyl groups is 1. The second kappa shape index (κ2) is 4.07. The number of nitrogens with zero attached hydrogens (tertiary/aromatic N) is 2. The summed E-state index contributed by atoms with van der Waals surface area (Å²) in [5, 5.41) is 18.1. The molecule has 16 heavy (non-hydrogen) atoms. The molecule has 4 nitrogen and oxygen atoms in total. The highest BCUT2D eigenvalue weighted by Crippen LogP contribution is 2.18. The van der Waals surface area contributed by atoms with E-state index in [-0.39, 0.29) is 12.1 Å². The van der Waals surface area contributed by atoms with Crippen LogP contribution in [0.3, 0.4) is 0 Å². The fraction of sp³-hybridized carbons (Fsp3) is 0.167. The van der Waals surface area contributed by atoms with Crippen molar-refractivity contribution < 1.29 is 9.90 Å². The Balaban J connectivity index is 2.12. The maximum absolute atomic E-state index is 11.5. The molecule has 0 saturated heterocycles. The van der Waals surface area contributed by atoms with Crippen LogP contribution in [0.1, 0.15) is 5.56 Å². The molecule has 0 saturated carbocycles. The minimum absolute atomic E-state index is 0.140. The Morgan fingerprint density at radius 3 is 2.62 bits per heavy atom. The molecule has 1 aromatic carbocycles. The molecule has 0 fully saturated rings. The molecule has 1 aliphatic rings. The number of aliphatic hydroxyl groups excluding tert-OH is 1. The largest absolute Gasteiger partial charge is 0.502 e. The van der Waals surface area contributed by atoms with Gasteiger partial charge in [0.2, 0.25) is 0 Å². The quantitative estimate of drug-likeness (QED) is 0.808. The molecule has 0 atom stereocenters. The predicted octanol–water partition coefficient (Wildman–Crippen LogP) is 1.36. The summed E-state index contributed by atoms with van der Waals surface area (Å²) in [5.74, 6) is -0.890. The van der Waals surface area contributed by atoms with Crippen LogP contribution >= 0.6 is 0 Å². The van der Waals surface area contributed by atoms with Crippen LogP contribution in [0.4, 0.5) is 0 Å². The lowest BCUT2D eigenvalue weighted by molar-refractivity contribution is -0.128. The van der Waals surface area contributed by atoms with Crippen LogP contribution in [0, 0.1) is 11.3 Å². The number of benzene rings is 1. The van der Waals surface area contributed by atoms with E-state index in [2.05, 4.69) is 0 Å². The van der Waals surface area contributed by atoms with Gasteiger partial charge in [0.15, 0.2) is 5.76 Å². The van der Waals surface area contributed by atoms with E-state index in [1.54, 1.807) is 0 Å². The smallest absolute Gasteiger partial charge is 0.290 e. The number of rotatable bonds is 2. The molecule has 1 aliphatic heterocycles. The van der Waals surface area contributed by atoms with Gasteiger partial charge in [0.1, 0.15) is 6.07 Å². The highest BCUT2D eigenvalue weighted by Gasteiger charge is 2.29. The fourth-order valence-electron chi connectivity index (χ4n) is 1.64. The Hall–Kier alpha value is -2.28. The lowest BCUT2D eigenvalue weighted by Gasteiger charge is -2.15. The number of nitriles is 1. The third-order valence-corrected chi connectivity index (χ3v) is 2.48. The average Bonchev–Trinajstić information content (AvgIpc) is 2.58. The molecule has 0 radical (unpaired) electrons. The standard InChI is InChI=1S/C12H10N2O2/c13-6-10-8-14(12(16)11(10)15)7-9-4-2-1-3-5-9/h1-5,15H,7-8H2. The summed E-state index contributed by atoms with van der Waals surface area (Å²) in [6.07, 6.45) is 0. The van der Waals surface area contributed by atoms with Crippen LogP contribution in [0.25, 0.3) is 0 Å². The third kappa shape index (κ3) is 1.75. The number of carbonyl (C=O) groups excluding carboxylic acids is 1. The zero-order valence-corrected chi connectivity index (χ0v) is 8.55. The first-order valence-electron chi connectivity index (χ1n) is 4.88. The van der Waals surface area contributed by atoms with Gasteiger partial charge in [-0.1, -0.05) is 30.3 Å². The van der Waals surface area contributed by atoms with Crippen molar-refractivity contribution in [3.8, 4) is 6.07 Å². The zero-order chi connectivity index (χ0) is 11.5. The molecule has 1 heterocycles. The van der Waals surface area contributed by atoms with Crippen molar-refractivity contribution in [2.75, 3.05) is 6.54 Å². The predicted molar refractivity (Wildman–Crippen MR) is 57.1 cm³/mol. The van der Waals surface area contributed by atoms with E-state index in [1.165, 1.54) is 4.90 Å². The Labute approximate surface area is 93.0 Å². The lowest BCUT2D eigenvalue weighted by atomic mass is 10.2. The van der Waals surface area contributed by atoms with Gasteiger partial charge in [-0.25, -0.2) is 0 Å². The Morgan fingerprint density at radius 2 is 2.06 bits per heavy atom. The van der Waals surface area contributed by atoms with Crippen molar-refractivity contribution >= 4 is 5.91 Å². The molecule has 0 aromatic heterocycles. The molecule has 0 aliphatic carbocycles. The van der Waals surface area contributed by atoms with Gasteiger partial charge in [-0.15, -0.1) is 0 Å². The van der Waals surface area contributed by atoms with Gasteiger partial charge in [-0.05, 0) is 5.56 Å². The topological polar surface area (TPSA) is 64.3 Å². The van der Waals surface area contributed by atoms with Gasteiger partial charge in [0, 0.05) is 6.54 Å². The van der Waals surface area contributed by atoms with E-state index in [1.807, 2.05) is 36.4 Å². The molecular formula is C12H10N2O2. The Bertz CT molecular complexity index is 485. The van der Waals surface area contributed by atoms with E-state index >= 15 is 0 Å². The van der Waals surface area contributed by atoms with Gasteiger partial charge in [-0.3, -0.25) is 4.79 Å². The maximum Gasteiger partial charge on any atom is 0.290 e. The van der Waals surface area contributed by atoms with Gasteiger partial charge in [-0.2, -0.15) is 5.26 Å². The number of hydrogen-bond donors (Lipinski definition) is 1. The van der Waals surface area contributed by atoms with Crippen molar-refractivity contribution in [1.29, 1.82) is 5.26 Å². The SMILES string of the molecule is N#CC1=C(O)C(=O)N(Cc2ccccc2)C1. The lowest BCUT2D eigenvalue weighted by Crippen LogP contribution is -2.26. The van der Waals surface area contributed by atoms with Crippen LogP contribution in [-0.2, 0) is 11.3 Å². The second-order valence-corrected chi connectivity index (χ2v) is 3.59. The molecule has 2 rings (SSSR count). The minimum atomic E-state index is -0.472. The fourth-order valence-corrected chi connectivity index (χ4v) is 1.64. The van der Waals surface area contributed by atoms with Crippen LogP contribution < -0.4 is 0 Å². The van der Waals surface area contributed by atoms with E-state index < -0.39 is 11.7 Å². The monoisotopic (exact) mass is 214 g/mol. The van der Waals surface area contributed by atoms with E-state index in [9.17, 15) is 9.90 Å². The first-order chi connectivity index (χ1) is 7.72. The van der Waals surface area contributed by atoms with Gasteiger partial charge in [0.05, 0.1) is 12.1 Å². The molecule has 4 heteroatoms. The van der Waals surface area contributed by atoms with Crippen molar-refractivity contribution in [2.45, 2.75) is 6.54 Å². The maximum atomic E-state index is 11.5. The molecule has 0 unspecified atom stereocenters. The van der Waals surface area contributed by atoms with E-state index in [0.29, 0.717) is 6.54 Å². The molecule has 1 aromatic rings. The van der Waals surface area contributed by atoms with Gasteiger partial charge in [0.25, 0.3) is 5.91 Å². The molecule has 0 bridgehead atoms. The highest BCUT2D eigenvalue weighted by molar-refractivity contribution is 5.95. The summed E-state index contributed by atoms with van der Waals surface area (Å²) < 4.78 is 0. The highest BCUT2D eigenvalue weighted by atomic mass is 16.3. The summed E-state index contributed by atoms with van der Waals surface area (Å²) in [6.45, 7) is 0.602. The summed E-state index contributed by atoms with van der Waals surface area (Å²) >= 11 is 0. The zero-order valence-electron chi connectivity index (χ0n) is 8.55. The Kier molecular flexibility index (Phi) is 2.61. The molecule has 1 N–H and O–H groups in total. The summed E-state index contributed by atoms with van der Waals surface area (Å²) in [7, 11) is 0. The number of amides is 1. The number of carbonyl (C=O) groups is 1. The number of hydrogen-bond acceptors (Lipinski definition) is 3. The van der Waals surface area contributed by atoms with Crippen LogP contribution in [0.5, 0.6) is 0 Å². The second-order valence-electron chi connectivity index (χ2n) is 3.59. The van der Waals surface area contributed by atoms with E-state index in [0.717, 1.165) is 5.56 Å². The summed E-state index contributed by atoms with van der Waals surface area (Å²) in [6, 6.07) is 11.3. The third-order valence-electron chi connectivity index (χ3n) is 2.48. The minimum Gasteiger partial charge on any atom is -0.502 e. The summed E-state index contributed by atoms with van der Waals surface area (Å²) in [4.78, 5) is 13.0. The van der Waals surface area contributed by atoms with Crippen LogP contribution in [0.2, 0.25) is 0 Å². The normalized spacial score (nSPS) is 15.4. The van der Waals surface area contributed by atoms with Gasteiger partial charge >= 0.3 is 0 Å². The van der Waals surface area contributed by atoms with Crippen molar-refractivity contribution in [1.82, 2.24) is 4.90 Å². The van der Waals surface area contributed by atoms with E-state index in [4.69, 9.17) is 5.26 Å². The average molecular weight is 214 g/mol. The molecule has 80 valence electrons.